The van der Waals surface area contributed by atoms with Crippen LogP contribution in [0.15, 0.2) is 64.2 Å². The van der Waals surface area contributed by atoms with Gasteiger partial charge in [0.15, 0.2) is 11.2 Å². The maximum absolute atomic E-state index is 13.5. The number of fused-ring (bicyclic) bond motifs is 3. The number of hydrogen-bond donors (Lipinski definition) is 1. The third-order valence-electron chi connectivity index (χ3n) is 6.30. The summed E-state index contributed by atoms with van der Waals surface area (Å²) in [6, 6.07) is 17.4. The minimum absolute atomic E-state index is 0.226. The molecule has 1 aliphatic rings. The molecule has 0 amide bonds. The van der Waals surface area contributed by atoms with Crippen molar-refractivity contribution in [3.8, 4) is 5.75 Å². The zero-order valence-corrected chi connectivity index (χ0v) is 19.2. The van der Waals surface area contributed by atoms with Gasteiger partial charge in [-0.3, -0.25) is 13.9 Å². The molecule has 9 heteroatoms. The molecule has 0 saturated carbocycles. The molecule has 3 heterocycles. The van der Waals surface area contributed by atoms with E-state index in [1.54, 1.807) is 18.7 Å². The van der Waals surface area contributed by atoms with Crippen LogP contribution in [0.2, 0.25) is 0 Å². The number of aryl methyl sites for hydroxylation is 2. The third-order valence-corrected chi connectivity index (χ3v) is 6.30. The van der Waals surface area contributed by atoms with Crippen molar-refractivity contribution in [3.05, 3.63) is 81.0 Å². The van der Waals surface area contributed by atoms with E-state index >= 15 is 0 Å². The van der Waals surface area contributed by atoms with Gasteiger partial charge in [0.05, 0.1) is 26.3 Å². The number of nitrogens with zero attached hydrogens (tertiary/aromatic N) is 5. The van der Waals surface area contributed by atoms with Crippen LogP contribution in [0.5, 0.6) is 5.75 Å². The molecule has 1 N–H and O–H groups in total. The molecule has 2 aromatic heterocycles. The lowest BCUT2D eigenvalue weighted by molar-refractivity contribution is 0.154. The van der Waals surface area contributed by atoms with Crippen LogP contribution in [0.3, 0.4) is 0 Å². The van der Waals surface area contributed by atoms with Crippen LogP contribution in [0.25, 0.3) is 11.2 Å². The second kappa shape index (κ2) is 8.83. The zero-order valence-electron chi connectivity index (χ0n) is 19.2. The predicted molar refractivity (Wildman–Crippen MR) is 130 cm³/mol. The molecule has 176 valence electrons. The highest BCUT2D eigenvalue weighted by Gasteiger charge is 2.30. The quantitative estimate of drug-likeness (QED) is 0.472. The van der Waals surface area contributed by atoms with Crippen molar-refractivity contribution >= 4 is 22.8 Å². The lowest BCUT2D eigenvalue weighted by Crippen LogP contribution is -2.41. The number of β-amino-alcohol motifs (C(OH)–C–C–N with tert-alkyl or cyclic N) is 1. The maximum Gasteiger partial charge on any atom is 0.332 e. The molecule has 0 unspecified atom stereocenters. The van der Waals surface area contributed by atoms with E-state index in [1.165, 1.54) is 9.13 Å². The van der Waals surface area contributed by atoms with E-state index in [9.17, 15) is 14.7 Å². The van der Waals surface area contributed by atoms with Crippen molar-refractivity contribution < 1.29 is 9.84 Å². The SMILES string of the molecule is COc1cccc(N2C[C@H](O)Cn3c2nc2c3c(=O)n(CCCc3ccccc3)c(=O)n2C)c1. The number of imidazole rings is 1. The number of methoxy groups -OCH3 is 1. The number of aromatic nitrogens is 4. The normalized spacial score (nSPS) is 15.5. The molecule has 2 aromatic carbocycles. The molecule has 1 aliphatic heterocycles. The van der Waals surface area contributed by atoms with Crippen molar-refractivity contribution in [1.29, 1.82) is 0 Å². The molecule has 0 radical (unpaired) electrons. The fourth-order valence-electron chi connectivity index (χ4n) is 4.58. The molecule has 9 nitrogen and oxygen atoms in total. The number of rotatable bonds is 6. The molecule has 0 aliphatic carbocycles. The van der Waals surface area contributed by atoms with Crippen molar-refractivity contribution in [2.75, 3.05) is 18.6 Å². The van der Waals surface area contributed by atoms with Crippen molar-refractivity contribution in [1.82, 2.24) is 18.7 Å². The highest BCUT2D eigenvalue weighted by atomic mass is 16.5. The van der Waals surface area contributed by atoms with Gasteiger partial charge in [-0.05, 0) is 30.5 Å². The Hall–Kier alpha value is -3.85. The number of benzene rings is 2. The second-order valence-corrected chi connectivity index (χ2v) is 8.55. The van der Waals surface area contributed by atoms with E-state index in [0.717, 1.165) is 17.7 Å². The van der Waals surface area contributed by atoms with E-state index in [2.05, 4.69) is 4.98 Å². The molecule has 5 rings (SSSR count). The largest absolute Gasteiger partial charge is 0.497 e. The summed E-state index contributed by atoms with van der Waals surface area (Å²) in [5, 5.41) is 10.6. The first-order valence-corrected chi connectivity index (χ1v) is 11.3. The maximum atomic E-state index is 13.5. The number of aliphatic hydroxyl groups is 1. The van der Waals surface area contributed by atoms with Gasteiger partial charge in [0.1, 0.15) is 5.75 Å². The first-order valence-electron chi connectivity index (χ1n) is 11.3. The number of ether oxygens (including phenoxy) is 1. The zero-order chi connectivity index (χ0) is 23.8. The standard InChI is InChI=1S/C25H27N5O4/c1-27-22-21(23(32)28(25(27)33)13-7-10-17-8-4-3-5-9-17)30-16-19(31)15-29(24(30)26-22)18-11-6-12-20(14-18)34-2/h3-6,8-9,11-12,14,19,31H,7,10,13,15-16H2,1-2H3/t19-/m0/s1. The Morgan fingerprint density at radius 1 is 1.09 bits per heavy atom. The van der Waals surface area contributed by atoms with Gasteiger partial charge in [0.25, 0.3) is 5.56 Å². The summed E-state index contributed by atoms with van der Waals surface area (Å²) >= 11 is 0. The Bertz CT molecular complexity index is 1450. The molecular weight excluding hydrogens is 434 g/mol. The summed E-state index contributed by atoms with van der Waals surface area (Å²) < 4.78 is 9.76. The molecule has 0 fully saturated rings. The summed E-state index contributed by atoms with van der Waals surface area (Å²) in [5.74, 6) is 1.19. The summed E-state index contributed by atoms with van der Waals surface area (Å²) in [6.45, 7) is 0.846. The second-order valence-electron chi connectivity index (χ2n) is 8.55. The average Bonchev–Trinajstić information content (AvgIpc) is 3.24. The highest BCUT2D eigenvalue weighted by molar-refractivity contribution is 5.77. The fraction of sp³-hybridized carbons (Fsp3) is 0.320. The third kappa shape index (κ3) is 3.77. The van der Waals surface area contributed by atoms with Gasteiger partial charge in [0, 0.05) is 25.3 Å². The fourth-order valence-corrected chi connectivity index (χ4v) is 4.58. The van der Waals surface area contributed by atoms with E-state index < -0.39 is 11.8 Å². The van der Waals surface area contributed by atoms with Crippen LogP contribution in [0.4, 0.5) is 11.6 Å². The predicted octanol–water partition coefficient (Wildman–Crippen LogP) is 2.05. The summed E-state index contributed by atoms with van der Waals surface area (Å²) in [5.41, 5.74) is 1.80. The van der Waals surface area contributed by atoms with Gasteiger partial charge >= 0.3 is 5.69 Å². The Morgan fingerprint density at radius 3 is 2.65 bits per heavy atom. The number of anilines is 2. The summed E-state index contributed by atoms with van der Waals surface area (Å²) in [6.07, 6.45) is 0.713. The lowest BCUT2D eigenvalue weighted by atomic mass is 10.1. The minimum atomic E-state index is -0.709. The topological polar surface area (TPSA) is 94.5 Å². The Balaban J connectivity index is 1.58. The van der Waals surface area contributed by atoms with Crippen LogP contribution in [-0.2, 0) is 26.6 Å². The van der Waals surface area contributed by atoms with Gasteiger partial charge in [-0.25, -0.2) is 4.79 Å². The van der Waals surface area contributed by atoms with E-state index in [1.807, 2.05) is 59.5 Å². The molecule has 34 heavy (non-hydrogen) atoms. The van der Waals surface area contributed by atoms with Crippen LogP contribution in [-0.4, -0.2) is 43.6 Å². The van der Waals surface area contributed by atoms with Gasteiger partial charge in [-0.2, -0.15) is 4.98 Å². The minimum Gasteiger partial charge on any atom is -0.497 e. The number of hydrogen-bond acceptors (Lipinski definition) is 6. The van der Waals surface area contributed by atoms with E-state index in [4.69, 9.17) is 4.74 Å². The Labute approximate surface area is 196 Å². The molecule has 0 saturated heterocycles. The van der Waals surface area contributed by atoms with Gasteiger partial charge in [0.2, 0.25) is 5.95 Å². The van der Waals surface area contributed by atoms with Crippen LogP contribution in [0, 0.1) is 0 Å². The molecule has 1 atom stereocenters. The van der Waals surface area contributed by atoms with Gasteiger partial charge in [-0.1, -0.05) is 36.4 Å². The Kier molecular flexibility index (Phi) is 5.70. The molecule has 0 spiro atoms. The first kappa shape index (κ1) is 22.0. The van der Waals surface area contributed by atoms with Crippen molar-refractivity contribution in [3.63, 3.8) is 0 Å². The summed E-state index contributed by atoms with van der Waals surface area (Å²) in [7, 11) is 3.22. The van der Waals surface area contributed by atoms with Crippen molar-refractivity contribution in [2.45, 2.75) is 32.0 Å². The van der Waals surface area contributed by atoms with Gasteiger partial charge < -0.3 is 19.3 Å². The van der Waals surface area contributed by atoms with E-state index in [-0.39, 0.29) is 12.1 Å². The highest BCUT2D eigenvalue weighted by Crippen LogP contribution is 2.32. The van der Waals surface area contributed by atoms with Crippen LogP contribution < -0.4 is 20.9 Å². The van der Waals surface area contributed by atoms with Crippen molar-refractivity contribution in [2.24, 2.45) is 7.05 Å². The lowest BCUT2D eigenvalue weighted by Gasteiger charge is -2.32. The average molecular weight is 462 g/mol. The molecule has 0 bridgehead atoms. The monoisotopic (exact) mass is 461 g/mol. The van der Waals surface area contributed by atoms with E-state index in [0.29, 0.717) is 42.4 Å². The first-order chi connectivity index (χ1) is 16.5. The molecular formula is C25H27N5O4. The van der Waals surface area contributed by atoms with Crippen LogP contribution >= 0.6 is 0 Å². The van der Waals surface area contributed by atoms with Crippen LogP contribution in [0.1, 0.15) is 12.0 Å². The molecule has 4 aromatic rings. The van der Waals surface area contributed by atoms with Gasteiger partial charge in [-0.15, -0.1) is 0 Å². The smallest absolute Gasteiger partial charge is 0.332 e. The number of aliphatic hydroxyl groups excluding tert-OH is 1. The Morgan fingerprint density at radius 2 is 1.88 bits per heavy atom. The summed E-state index contributed by atoms with van der Waals surface area (Å²) in [4.78, 5) is 33.1.